The molecule has 2 amide bonds. The van der Waals surface area contributed by atoms with Crippen LogP contribution in [0.15, 0.2) is 18.2 Å². The summed E-state index contributed by atoms with van der Waals surface area (Å²) in [6, 6.07) is 3.19. The number of thioether (sulfide) groups is 1. The van der Waals surface area contributed by atoms with Crippen LogP contribution in [-0.4, -0.2) is 34.9 Å². The van der Waals surface area contributed by atoms with Crippen LogP contribution in [0, 0.1) is 3.57 Å². The molecular weight excluding hydrogens is 432 g/mol. The average molecular weight is 444 g/mol. The largest absolute Gasteiger partial charge is 0.416 e. The Morgan fingerprint density at radius 3 is 2.73 bits per heavy atom. The third-order valence-corrected chi connectivity index (χ3v) is 4.85. The lowest BCUT2D eigenvalue weighted by molar-refractivity contribution is -0.137. The van der Waals surface area contributed by atoms with Gasteiger partial charge in [0.05, 0.1) is 11.3 Å². The number of nitrogens with zero attached hydrogens (tertiary/aromatic N) is 1. The van der Waals surface area contributed by atoms with E-state index in [4.69, 9.17) is 0 Å². The zero-order valence-electron chi connectivity index (χ0n) is 11.2. The molecule has 1 aliphatic heterocycles. The highest BCUT2D eigenvalue weighted by Crippen LogP contribution is 2.32. The molecule has 4 nitrogen and oxygen atoms in total. The first-order valence-corrected chi connectivity index (χ1v) is 8.42. The Morgan fingerprint density at radius 2 is 2.14 bits per heavy atom. The molecule has 0 spiro atoms. The van der Waals surface area contributed by atoms with Gasteiger partial charge in [0.15, 0.2) is 0 Å². The molecule has 0 aromatic heterocycles. The number of alkyl halides is 3. The van der Waals surface area contributed by atoms with E-state index in [1.54, 1.807) is 4.90 Å². The van der Waals surface area contributed by atoms with Crippen molar-refractivity contribution in [2.24, 2.45) is 0 Å². The molecule has 22 heavy (non-hydrogen) atoms. The monoisotopic (exact) mass is 444 g/mol. The number of benzene rings is 1. The standard InChI is InChI=1S/C13H12F3IN2O2S/c14-13(15,16)8-1-2-9(17)10(7-8)18-11(20)3-4-19-5-6-22-12(19)21/h1-2,7H,3-6H2,(H,18,20). The van der Waals surface area contributed by atoms with E-state index in [0.29, 0.717) is 15.9 Å². The number of amides is 2. The van der Waals surface area contributed by atoms with Crippen molar-refractivity contribution < 1.29 is 22.8 Å². The number of nitrogens with one attached hydrogen (secondary N) is 1. The first-order valence-electron chi connectivity index (χ1n) is 6.35. The van der Waals surface area contributed by atoms with E-state index in [1.165, 1.54) is 17.8 Å². The summed E-state index contributed by atoms with van der Waals surface area (Å²) in [5, 5.41) is 2.40. The lowest BCUT2D eigenvalue weighted by Gasteiger charge is -2.15. The predicted molar refractivity (Wildman–Crippen MR) is 86.8 cm³/mol. The highest BCUT2D eigenvalue weighted by molar-refractivity contribution is 14.1. The van der Waals surface area contributed by atoms with Gasteiger partial charge in [-0.15, -0.1) is 0 Å². The second-order valence-corrected chi connectivity index (χ2v) is 6.80. The van der Waals surface area contributed by atoms with E-state index in [-0.39, 0.29) is 23.9 Å². The normalized spacial score (nSPS) is 15.3. The fourth-order valence-electron chi connectivity index (χ4n) is 1.88. The van der Waals surface area contributed by atoms with Gasteiger partial charge >= 0.3 is 6.18 Å². The van der Waals surface area contributed by atoms with Crippen LogP contribution in [0.25, 0.3) is 0 Å². The second kappa shape index (κ2) is 7.07. The molecule has 0 atom stereocenters. The van der Waals surface area contributed by atoms with Crippen molar-refractivity contribution >= 4 is 51.2 Å². The van der Waals surface area contributed by atoms with E-state index >= 15 is 0 Å². The Kier molecular flexibility index (Phi) is 5.59. The lowest BCUT2D eigenvalue weighted by Crippen LogP contribution is -2.28. The van der Waals surface area contributed by atoms with Crippen LogP contribution in [0.2, 0.25) is 0 Å². The van der Waals surface area contributed by atoms with Gasteiger partial charge in [0.2, 0.25) is 5.91 Å². The smallest absolute Gasteiger partial charge is 0.332 e. The van der Waals surface area contributed by atoms with Crippen molar-refractivity contribution in [2.45, 2.75) is 12.6 Å². The van der Waals surface area contributed by atoms with Crippen molar-refractivity contribution in [3.8, 4) is 0 Å². The number of hydrogen-bond donors (Lipinski definition) is 1. The summed E-state index contributed by atoms with van der Waals surface area (Å²) in [6.07, 6.45) is -4.40. The van der Waals surface area contributed by atoms with Crippen LogP contribution < -0.4 is 5.32 Å². The number of carbonyl (C=O) groups excluding carboxylic acids is 2. The molecule has 0 bridgehead atoms. The third kappa shape index (κ3) is 4.51. The van der Waals surface area contributed by atoms with Crippen molar-refractivity contribution in [1.82, 2.24) is 4.90 Å². The van der Waals surface area contributed by atoms with Gasteiger partial charge in [0.25, 0.3) is 5.24 Å². The minimum Gasteiger partial charge on any atom is -0.332 e. The predicted octanol–water partition coefficient (Wildman–Crippen LogP) is 3.81. The molecule has 0 saturated carbocycles. The van der Waals surface area contributed by atoms with E-state index in [1.807, 2.05) is 22.6 Å². The van der Waals surface area contributed by atoms with Crippen LogP contribution in [0.1, 0.15) is 12.0 Å². The molecule has 1 N–H and O–H groups in total. The quantitative estimate of drug-likeness (QED) is 0.719. The summed E-state index contributed by atoms with van der Waals surface area (Å²) >= 11 is 3.06. The number of carbonyl (C=O) groups is 2. The van der Waals surface area contributed by atoms with Gasteiger partial charge in [-0.25, -0.2) is 0 Å². The minimum atomic E-state index is -4.46. The van der Waals surface area contributed by atoms with Crippen LogP contribution >= 0.6 is 34.4 Å². The fraction of sp³-hybridized carbons (Fsp3) is 0.385. The molecule has 0 radical (unpaired) electrons. The molecule has 1 heterocycles. The first-order chi connectivity index (χ1) is 10.3. The zero-order chi connectivity index (χ0) is 16.3. The van der Waals surface area contributed by atoms with Crippen LogP contribution in [0.4, 0.5) is 23.7 Å². The molecule has 2 rings (SSSR count). The van der Waals surface area contributed by atoms with Gasteiger partial charge in [-0.2, -0.15) is 13.2 Å². The third-order valence-electron chi connectivity index (χ3n) is 3.02. The summed E-state index contributed by atoms with van der Waals surface area (Å²) in [6.45, 7) is 0.866. The van der Waals surface area contributed by atoms with Gasteiger partial charge in [0.1, 0.15) is 0 Å². The van der Waals surface area contributed by atoms with Crippen LogP contribution in [0.5, 0.6) is 0 Å². The molecule has 1 aromatic rings. The van der Waals surface area contributed by atoms with Gasteiger partial charge in [0, 0.05) is 28.8 Å². The van der Waals surface area contributed by atoms with Gasteiger partial charge in [-0.1, -0.05) is 11.8 Å². The summed E-state index contributed by atoms with van der Waals surface area (Å²) in [5.41, 5.74) is -0.683. The molecule has 0 unspecified atom stereocenters. The molecule has 1 saturated heterocycles. The SMILES string of the molecule is O=C(CCN1CCSC1=O)Nc1cc(C(F)(F)F)ccc1I. The number of rotatable bonds is 4. The van der Waals surface area contributed by atoms with Gasteiger partial charge < -0.3 is 10.2 Å². The van der Waals surface area contributed by atoms with Crippen molar-refractivity contribution in [2.75, 3.05) is 24.2 Å². The molecule has 0 aliphatic carbocycles. The fourth-order valence-corrected chi connectivity index (χ4v) is 3.20. The number of anilines is 1. The maximum Gasteiger partial charge on any atom is 0.416 e. The molecule has 120 valence electrons. The summed E-state index contributed by atoms with van der Waals surface area (Å²) in [7, 11) is 0. The molecular formula is C13H12F3IN2O2S. The van der Waals surface area contributed by atoms with Crippen molar-refractivity contribution in [3.63, 3.8) is 0 Å². The average Bonchev–Trinajstić information content (AvgIpc) is 2.83. The van der Waals surface area contributed by atoms with Gasteiger partial charge in [-0.05, 0) is 40.8 Å². The van der Waals surface area contributed by atoms with E-state index in [9.17, 15) is 22.8 Å². The zero-order valence-corrected chi connectivity index (χ0v) is 14.2. The Balaban J connectivity index is 1.97. The maximum atomic E-state index is 12.7. The summed E-state index contributed by atoms with van der Waals surface area (Å²) in [5.74, 6) is 0.286. The van der Waals surface area contributed by atoms with Crippen molar-refractivity contribution in [1.29, 1.82) is 0 Å². The number of hydrogen-bond acceptors (Lipinski definition) is 3. The Hall–Kier alpha value is -0.970. The minimum absolute atomic E-state index is 0.0542. The van der Waals surface area contributed by atoms with Gasteiger partial charge in [-0.3, -0.25) is 9.59 Å². The Bertz CT molecular complexity index is 595. The van der Waals surface area contributed by atoms with E-state index < -0.39 is 17.6 Å². The van der Waals surface area contributed by atoms with E-state index in [0.717, 1.165) is 12.1 Å². The molecule has 1 aromatic carbocycles. The molecule has 9 heteroatoms. The Labute approximate surface area is 142 Å². The summed E-state index contributed by atoms with van der Waals surface area (Å²) in [4.78, 5) is 24.8. The lowest BCUT2D eigenvalue weighted by atomic mass is 10.2. The maximum absolute atomic E-state index is 12.7. The van der Waals surface area contributed by atoms with Crippen LogP contribution in [0.3, 0.4) is 0 Å². The topological polar surface area (TPSA) is 49.4 Å². The number of halogens is 4. The second-order valence-electron chi connectivity index (χ2n) is 4.59. The van der Waals surface area contributed by atoms with Crippen LogP contribution in [-0.2, 0) is 11.0 Å². The molecule has 1 aliphatic rings. The Morgan fingerprint density at radius 1 is 1.41 bits per heavy atom. The summed E-state index contributed by atoms with van der Waals surface area (Å²) < 4.78 is 38.5. The first kappa shape index (κ1) is 17.4. The highest BCUT2D eigenvalue weighted by Gasteiger charge is 2.31. The highest BCUT2D eigenvalue weighted by atomic mass is 127. The van der Waals surface area contributed by atoms with E-state index in [2.05, 4.69) is 5.32 Å². The van der Waals surface area contributed by atoms with Crippen molar-refractivity contribution in [3.05, 3.63) is 27.3 Å². The molecule has 1 fully saturated rings.